The number of halogens is 1. The van der Waals surface area contributed by atoms with E-state index in [0.29, 0.717) is 4.62 Å². The zero-order valence-electron chi connectivity index (χ0n) is 8.61. The molecule has 1 atom stereocenters. The predicted molar refractivity (Wildman–Crippen MR) is 62.1 cm³/mol. The molecule has 0 rings (SSSR count). The molecule has 0 aromatic heterocycles. The van der Waals surface area contributed by atoms with E-state index in [1.165, 1.54) is 6.21 Å². The van der Waals surface area contributed by atoms with Crippen LogP contribution in [-0.4, -0.2) is 10.8 Å². The van der Waals surface area contributed by atoms with Crippen molar-refractivity contribution < 1.29 is 0 Å². The zero-order valence-corrected chi connectivity index (χ0v) is 10.2. The first kappa shape index (κ1) is 12.6. The topological polar surface area (TPSA) is 47.7 Å². The van der Waals surface area contributed by atoms with Crippen LogP contribution in [0.4, 0.5) is 0 Å². The van der Waals surface area contributed by atoms with E-state index in [-0.39, 0.29) is 11.3 Å². The van der Waals surface area contributed by atoms with Crippen molar-refractivity contribution in [3.05, 3.63) is 11.6 Å². The molecule has 0 aromatic rings. The van der Waals surface area contributed by atoms with Gasteiger partial charge in [-0.05, 0) is 38.9 Å². The molecule has 0 fully saturated rings. The second kappa shape index (κ2) is 4.70. The first-order valence-corrected chi connectivity index (χ1v) is 5.04. The standard InChI is InChI=1S/C10H17BrN2/c1-7(10(2,3)4)8(6-12)5-9(11)13/h5-7,12-13H,1-4H3/b8-5+,12-6?,13-9?. The van der Waals surface area contributed by atoms with E-state index in [4.69, 9.17) is 10.8 Å². The fourth-order valence-electron chi connectivity index (χ4n) is 0.938. The summed E-state index contributed by atoms with van der Waals surface area (Å²) in [6, 6.07) is 0. The summed E-state index contributed by atoms with van der Waals surface area (Å²) in [5.41, 5.74) is 1.01. The van der Waals surface area contributed by atoms with Gasteiger partial charge in [0.05, 0.1) is 4.62 Å². The Morgan fingerprint density at radius 2 is 1.85 bits per heavy atom. The molecule has 0 aliphatic heterocycles. The average molecular weight is 245 g/mol. The van der Waals surface area contributed by atoms with Gasteiger partial charge in [0.2, 0.25) is 0 Å². The van der Waals surface area contributed by atoms with Gasteiger partial charge in [0.15, 0.2) is 0 Å². The van der Waals surface area contributed by atoms with Crippen molar-refractivity contribution in [1.29, 1.82) is 10.8 Å². The third-order valence-electron chi connectivity index (χ3n) is 2.26. The molecule has 3 heteroatoms. The molecule has 0 bridgehead atoms. The zero-order chi connectivity index (χ0) is 10.6. The maximum absolute atomic E-state index is 7.26. The maximum Gasteiger partial charge on any atom is 0.0970 e. The number of hydrogen-bond acceptors (Lipinski definition) is 2. The quantitative estimate of drug-likeness (QED) is 0.713. The molecule has 0 saturated carbocycles. The van der Waals surface area contributed by atoms with Gasteiger partial charge in [-0.25, -0.2) is 0 Å². The van der Waals surface area contributed by atoms with Crippen molar-refractivity contribution in [2.45, 2.75) is 27.7 Å². The van der Waals surface area contributed by atoms with Crippen molar-refractivity contribution >= 4 is 26.8 Å². The summed E-state index contributed by atoms with van der Waals surface area (Å²) in [4.78, 5) is 0. The maximum atomic E-state index is 7.26. The SMILES string of the molecule is CC(/C(C=N)=C/C(=N)Br)C(C)(C)C. The van der Waals surface area contributed by atoms with Crippen LogP contribution in [0.25, 0.3) is 0 Å². The predicted octanol–water partition coefficient (Wildman–Crippen LogP) is 3.62. The minimum atomic E-state index is 0.131. The number of hydrogen-bond donors (Lipinski definition) is 2. The van der Waals surface area contributed by atoms with Crippen LogP contribution in [0, 0.1) is 22.2 Å². The Balaban J connectivity index is 4.80. The lowest BCUT2D eigenvalue weighted by atomic mass is 9.78. The highest BCUT2D eigenvalue weighted by atomic mass is 79.9. The summed E-state index contributed by atoms with van der Waals surface area (Å²) >= 11 is 3.05. The molecule has 2 N–H and O–H groups in total. The van der Waals surface area contributed by atoms with E-state index < -0.39 is 0 Å². The molecule has 0 saturated heterocycles. The van der Waals surface area contributed by atoms with E-state index in [0.717, 1.165) is 5.57 Å². The van der Waals surface area contributed by atoms with E-state index in [1.54, 1.807) is 6.08 Å². The van der Waals surface area contributed by atoms with Gasteiger partial charge >= 0.3 is 0 Å². The fourth-order valence-corrected chi connectivity index (χ4v) is 1.20. The molecule has 0 amide bonds. The molecule has 1 unspecified atom stereocenters. The molecular weight excluding hydrogens is 228 g/mol. The number of nitrogens with one attached hydrogen (secondary N) is 2. The Hall–Kier alpha value is -0.440. The summed E-state index contributed by atoms with van der Waals surface area (Å²) in [5.74, 6) is 0.280. The average Bonchev–Trinajstić information content (AvgIpc) is 1.96. The van der Waals surface area contributed by atoms with E-state index in [2.05, 4.69) is 43.6 Å². The highest BCUT2D eigenvalue weighted by molar-refractivity contribution is 9.18. The van der Waals surface area contributed by atoms with Gasteiger partial charge in [-0.15, -0.1) is 0 Å². The third kappa shape index (κ3) is 4.36. The van der Waals surface area contributed by atoms with Crippen LogP contribution in [0.2, 0.25) is 0 Å². The molecular formula is C10H17BrN2. The highest BCUT2D eigenvalue weighted by Crippen LogP contribution is 2.30. The van der Waals surface area contributed by atoms with Gasteiger partial charge in [-0.2, -0.15) is 0 Å². The van der Waals surface area contributed by atoms with Gasteiger partial charge in [0.1, 0.15) is 0 Å². The molecule has 0 aliphatic carbocycles. The molecule has 74 valence electrons. The Morgan fingerprint density at radius 3 is 2.08 bits per heavy atom. The van der Waals surface area contributed by atoms with Crippen LogP contribution in [-0.2, 0) is 0 Å². The molecule has 2 nitrogen and oxygen atoms in total. The van der Waals surface area contributed by atoms with Crippen LogP contribution < -0.4 is 0 Å². The van der Waals surface area contributed by atoms with Gasteiger partial charge in [0.25, 0.3) is 0 Å². The van der Waals surface area contributed by atoms with E-state index in [1.807, 2.05) is 0 Å². The van der Waals surface area contributed by atoms with Crippen LogP contribution in [0.5, 0.6) is 0 Å². The lowest BCUT2D eigenvalue weighted by molar-refractivity contribution is 0.308. The van der Waals surface area contributed by atoms with E-state index in [9.17, 15) is 0 Å². The Bertz CT molecular complexity index is 236. The van der Waals surface area contributed by atoms with E-state index >= 15 is 0 Å². The van der Waals surface area contributed by atoms with Gasteiger partial charge in [0, 0.05) is 6.21 Å². The van der Waals surface area contributed by atoms with Crippen molar-refractivity contribution in [3.8, 4) is 0 Å². The monoisotopic (exact) mass is 244 g/mol. The largest absolute Gasteiger partial charge is 0.308 e. The van der Waals surface area contributed by atoms with Gasteiger partial charge in [-0.1, -0.05) is 27.7 Å². The summed E-state index contributed by atoms with van der Waals surface area (Å²) in [6.07, 6.45) is 3.01. The van der Waals surface area contributed by atoms with Crippen LogP contribution in [0.3, 0.4) is 0 Å². The normalized spacial score (nSPS) is 15.3. The highest BCUT2D eigenvalue weighted by Gasteiger charge is 2.22. The summed E-state index contributed by atoms with van der Waals surface area (Å²) in [5, 5.41) is 14.5. The van der Waals surface area contributed by atoms with Crippen LogP contribution in [0.1, 0.15) is 27.7 Å². The Morgan fingerprint density at radius 1 is 1.38 bits per heavy atom. The third-order valence-corrected chi connectivity index (χ3v) is 2.49. The van der Waals surface area contributed by atoms with Crippen LogP contribution >= 0.6 is 15.9 Å². The molecule has 0 aromatic carbocycles. The summed E-state index contributed by atoms with van der Waals surface area (Å²) in [6.45, 7) is 8.47. The number of rotatable bonds is 3. The fraction of sp³-hybridized carbons (Fsp3) is 0.600. The first-order chi connectivity index (χ1) is 5.79. The van der Waals surface area contributed by atoms with Gasteiger partial charge in [-0.3, -0.25) is 5.41 Å². The summed E-state index contributed by atoms with van der Waals surface area (Å²) < 4.78 is 0.321. The molecule has 0 spiro atoms. The second-order valence-electron chi connectivity index (χ2n) is 4.22. The smallest absolute Gasteiger partial charge is 0.0970 e. The number of allylic oxidation sites excluding steroid dienone is 2. The Kier molecular flexibility index (Phi) is 4.54. The van der Waals surface area contributed by atoms with Crippen molar-refractivity contribution in [2.75, 3.05) is 0 Å². The summed E-state index contributed by atoms with van der Waals surface area (Å²) in [7, 11) is 0. The van der Waals surface area contributed by atoms with Crippen LogP contribution in [0.15, 0.2) is 11.6 Å². The molecule has 0 aliphatic rings. The lowest BCUT2D eigenvalue weighted by Crippen LogP contribution is -2.20. The molecule has 13 heavy (non-hydrogen) atoms. The minimum Gasteiger partial charge on any atom is -0.308 e. The van der Waals surface area contributed by atoms with Crippen molar-refractivity contribution in [3.63, 3.8) is 0 Å². The Labute approximate surface area is 88.6 Å². The van der Waals surface area contributed by atoms with Crippen molar-refractivity contribution in [1.82, 2.24) is 0 Å². The second-order valence-corrected chi connectivity index (χ2v) is 5.08. The van der Waals surface area contributed by atoms with Gasteiger partial charge < -0.3 is 5.41 Å². The first-order valence-electron chi connectivity index (χ1n) is 4.25. The van der Waals surface area contributed by atoms with Crippen molar-refractivity contribution in [2.24, 2.45) is 11.3 Å². The lowest BCUT2D eigenvalue weighted by Gasteiger charge is -2.27. The molecule has 0 radical (unpaired) electrons. The molecule has 0 heterocycles. The minimum absolute atomic E-state index is 0.131.